The van der Waals surface area contributed by atoms with E-state index in [1.165, 1.54) is 0 Å². The van der Waals surface area contributed by atoms with Crippen molar-refractivity contribution >= 4 is 11.9 Å². The van der Waals surface area contributed by atoms with Crippen LogP contribution < -0.4 is 10.6 Å². The zero-order chi connectivity index (χ0) is 14.9. The van der Waals surface area contributed by atoms with E-state index in [0.717, 1.165) is 25.8 Å². The molecule has 20 heavy (non-hydrogen) atoms. The van der Waals surface area contributed by atoms with Crippen LogP contribution in [0.15, 0.2) is 0 Å². The van der Waals surface area contributed by atoms with Crippen molar-refractivity contribution in [3.63, 3.8) is 0 Å². The third-order valence-electron chi connectivity index (χ3n) is 5.44. The van der Waals surface area contributed by atoms with Gasteiger partial charge in [0.05, 0.1) is 12.0 Å². The summed E-state index contributed by atoms with van der Waals surface area (Å²) in [4.78, 5) is 23.6. The minimum absolute atomic E-state index is 0.0671. The number of nitrogens with one attached hydrogen (secondary N) is 2. The van der Waals surface area contributed by atoms with Crippen molar-refractivity contribution in [2.75, 3.05) is 6.54 Å². The lowest BCUT2D eigenvalue weighted by molar-refractivity contribution is -0.150. The van der Waals surface area contributed by atoms with Gasteiger partial charge in [-0.25, -0.2) is 0 Å². The first-order valence-corrected chi connectivity index (χ1v) is 7.60. The molecule has 2 aliphatic rings. The number of hydrogen-bond donors (Lipinski definition) is 3. The first kappa shape index (κ1) is 15.3. The lowest BCUT2D eigenvalue weighted by Gasteiger charge is -2.46. The molecule has 0 bridgehead atoms. The van der Waals surface area contributed by atoms with E-state index in [1.54, 1.807) is 0 Å². The topological polar surface area (TPSA) is 78.4 Å². The molecule has 4 atom stereocenters. The summed E-state index contributed by atoms with van der Waals surface area (Å²) in [5, 5.41) is 15.7. The van der Waals surface area contributed by atoms with Gasteiger partial charge in [-0.05, 0) is 43.6 Å². The first-order chi connectivity index (χ1) is 9.34. The molecular formula is C15H26N2O3. The van der Waals surface area contributed by atoms with Crippen molar-refractivity contribution in [3.05, 3.63) is 0 Å². The molecule has 1 aliphatic carbocycles. The third-order valence-corrected chi connectivity index (χ3v) is 5.44. The summed E-state index contributed by atoms with van der Waals surface area (Å²) < 4.78 is 0. The molecule has 5 nitrogen and oxygen atoms in total. The quantitative estimate of drug-likeness (QED) is 0.731. The lowest BCUT2D eigenvalue weighted by atomic mass is 9.61. The van der Waals surface area contributed by atoms with Gasteiger partial charge in [0, 0.05) is 6.04 Å². The highest BCUT2D eigenvalue weighted by Crippen LogP contribution is 2.45. The van der Waals surface area contributed by atoms with Crippen molar-refractivity contribution in [1.29, 1.82) is 0 Å². The molecule has 2 fully saturated rings. The standard InChI is InChI=1S/C15H26N2O3/c1-9-11(17-13(18)12-5-4-8-16-12)7-6-10(14(19)20)15(9,2)3/h9-12,16H,4-8H2,1-3H3,(H,17,18)(H,19,20)/t9?,10?,11?,12-/m1/s1. The summed E-state index contributed by atoms with van der Waals surface area (Å²) in [6.45, 7) is 6.97. The number of carboxylic acids is 1. The van der Waals surface area contributed by atoms with Crippen LogP contribution in [-0.2, 0) is 9.59 Å². The maximum atomic E-state index is 12.2. The number of rotatable bonds is 3. The molecule has 114 valence electrons. The van der Waals surface area contributed by atoms with Gasteiger partial charge in [-0.15, -0.1) is 0 Å². The molecule has 3 N–H and O–H groups in total. The average molecular weight is 282 g/mol. The van der Waals surface area contributed by atoms with Gasteiger partial charge >= 0.3 is 5.97 Å². The SMILES string of the molecule is CC1C(NC(=O)[C@H]2CCCN2)CCC(C(=O)O)C1(C)C. The normalized spacial score (nSPS) is 36.5. The molecule has 1 amide bonds. The largest absolute Gasteiger partial charge is 0.481 e. The smallest absolute Gasteiger partial charge is 0.307 e. The maximum Gasteiger partial charge on any atom is 0.307 e. The molecule has 1 aliphatic heterocycles. The van der Waals surface area contributed by atoms with Gasteiger partial charge in [-0.3, -0.25) is 9.59 Å². The second kappa shape index (κ2) is 5.72. The van der Waals surface area contributed by atoms with Crippen molar-refractivity contribution in [3.8, 4) is 0 Å². The Morgan fingerprint density at radius 1 is 1.25 bits per heavy atom. The van der Waals surface area contributed by atoms with Crippen LogP contribution >= 0.6 is 0 Å². The minimum Gasteiger partial charge on any atom is -0.481 e. The third kappa shape index (κ3) is 2.82. The Balaban J connectivity index is 2.00. The van der Waals surface area contributed by atoms with Crippen molar-refractivity contribution in [1.82, 2.24) is 10.6 Å². The van der Waals surface area contributed by atoms with Gasteiger partial charge in [0.1, 0.15) is 0 Å². The lowest BCUT2D eigenvalue weighted by Crippen LogP contribution is -2.54. The summed E-state index contributed by atoms with van der Waals surface area (Å²) in [6.07, 6.45) is 3.33. The Bertz CT molecular complexity index is 389. The van der Waals surface area contributed by atoms with Crippen molar-refractivity contribution in [2.45, 2.75) is 58.5 Å². The highest BCUT2D eigenvalue weighted by Gasteiger charge is 2.46. The monoisotopic (exact) mass is 282 g/mol. The molecule has 0 spiro atoms. The average Bonchev–Trinajstić information content (AvgIpc) is 2.88. The maximum absolute atomic E-state index is 12.2. The Kier molecular flexibility index (Phi) is 4.37. The molecule has 3 unspecified atom stereocenters. The summed E-state index contributed by atoms with van der Waals surface area (Å²) in [5.74, 6) is -0.814. The van der Waals surface area contributed by atoms with E-state index in [2.05, 4.69) is 17.6 Å². The van der Waals surface area contributed by atoms with Gasteiger partial charge in [0.2, 0.25) is 5.91 Å². The number of aliphatic carboxylic acids is 1. The van der Waals surface area contributed by atoms with E-state index < -0.39 is 5.97 Å². The molecule has 2 rings (SSSR count). The van der Waals surface area contributed by atoms with Crippen LogP contribution in [0.4, 0.5) is 0 Å². The van der Waals surface area contributed by atoms with Gasteiger partial charge in [-0.1, -0.05) is 20.8 Å². The zero-order valence-electron chi connectivity index (χ0n) is 12.6. The summed E-state index contributed by atoms with van der Waals surface area (Å²) in [6, 6.07) is 0.0120. The molecule has 0 aromatic rings. The van der Waals surface area contributed by atoms with Crippen LogP contribution in [0, 0.1) is 17.3 Å². The van der Waals surface area contributed by atoms with Crippen molar-refractivity contribution in [2.24, 2.45) is 17.3 Å². The molecule has 5 heteroatoms. The molecule has 0 aromatic heterocycles. The van der Waals surface area contributed by atoms with E-state index in [9.17, 15) is 14.7 Å². The Morgan fingerprint density at radius 2 is 1.95 bits per heavy atom. The molecule has 0 radical (unpaired) electrons. The summed E-state index contributed by atoms with van der Waals surface area (Å²) >= 11 is 0. The van der Waals surface area contributed by atoms with Gasteiger partial charge in [0.15, 0.2) is 0 Å². The highest BCUT2D eigenvalue weighted by molar-refractivity contribution is 5.82. The Morgan fingerprint density at radius 3 is 2.50 bits per heavy atom. The first-order valence-electron chi connectivity index (χ1n) is 7.60. The second-order valence-electron chi connectivity index (χ2n) is 6.84. The molecular weight excluding hydrogens is 256 g/mol. The summed E-state index contributed by atoms with van der Waals surface area (Å²) in [7, 11) is 0. The minimum atomic E-state index is -0.718. The van der Waals surface area contributed by atoms with Crippen LogP contribution in [0.2, 0.25) is 0 Å². The molecule has 1 heterocycles. The van der Waals surface area contributed by atoms with E-state index in [4.69, 9.17) is 0 Å². The number of carboxylic acid groups (broad SMARTS) is 1. The van der Waals surface area contributed by atoms with Crippen LogP contribution in [0.25, 0.3) is 0 Å². The zero-order valence-corrected chi connectivity index (χ0v) is 12.6. The molecule has 1 saturated heterocycles. The van der Waals surface area contributed by atoms with Crippen LogP contribution in [-0.4, -0.2) is 35.6 Å². The van der Waals surface area contributed by atoms with E-state index in [0.29, 0.717) is 6.42 Å². The predicted octanol–water partition coefficient (Wildman–Crippen LogP) is 1.38. The number of carbonyl (C=O) groups excluding carboxylic acids is 1. The fraction of sp³-hybridized carbons (Fsp3) is 0.867. The Hall–Kier alpha value is -1.10. The fourth-order valence-electron chi connectivity index (χ4n) is 3.63. The van der Waals surface area contributed by atoms with E-state index >= 15 is 0 Å². The Labute approximate surface area is 120 Å². The summed E-state index contributed by atoms with van der Waals surface area (Å²) in [5.41, 5.74) is -0.300. The molecule has 0 aromatic carbocycles. The number of hydrogen-bond acceptors (Lipinski definition) is 3. The van der Waals surface area contributed by atoms with Crippen LogP contribution in [0.5, 0.6) is 0 Å². The number of carbonyl (C=O) groups is 2. The fourth-order valence-corrected chi connectivity index (χ4v) is 3.63. The van der Waals surface area contributed by atoms with Gasteiger partial charge < -0.3 is 15.7 Å². The molecule has 1 saturated carbocycles. The number of amides is 1. The van der Waals surface area contributed by atoms with E-state index in [-0.39, 0.29) is 35.2 Å². The predicted molar refractivity (Wildman–Crippen MR) is 76.3 cm³/mol. The van der Waals surface area contributed by atoms with Crippen LogP contribution in [0.1, 0.15) is 46.5 Å². The van der Waals surface area contributed by atoms with Crippen LogP contribution in [0.3, 0.4) is 0 Å². The van der Waals surface area contributed by atoms with E-state index in [1.807, 2.05) is 13.8 Å². The van der Waals surface area contributed by atoms with Gasteiger partial charge in [0.25, 0.3) is 0 Å². The second-order valence-corrected chi connectivity index (χ2v) is 6.84. The van der Waals surface area contributed by atoms with Crippen molar-refractivity contribution < 1.29 is 14.7 Å². The highest BCUT2D eigenvalue weighted by atomic mass is 16.4. The van der Waals surface area contributed by atoms with Gasteiger partial charge in [-0.2, -0.15) is 0 Å².